The van der Waals surface area contributed by atoms with E-state index in [1.54, 1.807) is 11.8 Å². The molecule has 0 aliphatic heterocycles. The maximum absolute atomic E-state index is 12.6. The van der Waals surface area contributed by atoms with Gasteiger partial charge in [0.05, 0.1) is 6.04 Å². The SMILES string of the molecule is CC(C)[C@H](NC(=O)c1ccccc1)c1nnc(SCc2ccc(Br)cc2)n1C. The van der Waals surface area contributed by atoms with Gasteiger partial charge < -0.3 is 9.88 Å². The minimum absolute atomic E-state index is 0.105. The van der Waals surface area contributed by atoms with Crippen molar-refractivity contribution in [1.29, 1.82) is 0 Å². The molecule has 0 bridgehead atoms. The van der Waals surface area contributed by atoms with Gasteiger partial charge in [-0.1, -0.05) is 71.9 Å². The summed E-state index contributed by atoms with van der Waals surface area (Å²) in [6.07, 6.45) is 0. The minimum Gasteiger partial charge on any atom is -0.342 e. The Bertz CT molecular complexity index is 925. The lowest BCUT2D eigenvalue weighted by Gasteiger charge is -2.21. The predicted molar refractivity (Wildman–Crippen MR) is 116 cm³/mol. The van der Waals surface area contributed by atoms with Crippen molar-refractivity contribution in [2.45, 2.75) is 30.8 Å². The fourth-order valence-corrected chi connectivity index (χ4v) is 3.93. The standard InChI is InChI=1S/C21H23BrN4OS/c1-14(2)18(23-20(27)16-7-5-4-6-8-16)19-24-25-21(26(19)3)28-13-15-9-11-17(22)12-10-15/h4-12,14,18H,13H2,1-3H3,(H,23,27)/t18-/m0/s1. The van der Waals surface area contributed by atoms with E-state index in [2.05, 4.69) is 57.4 Å². The molecule has 0 fully saturated rings. The number of nitrogens with one attached hydrogen (secondary N) is 1. The second-order valence-electron chi connectivity index (χ2n) is 6.88. The third-order valence-electron chi connectivity index (χ3n) is 4.42. The zero-order chi connectivity index (χ0) is 20.1. The molecule has 1 N–H and O–H groups in total. The highest BCUT2D eigenvalue weighted by Crippen LogP contribution is 2.26. The largest absolute Gasteiger partial charge is 0.342 e. The smallest absolute Gasteiger partial charge is 0.251 e. The lowest BCUT2D eigenvalue weighted by Crippen LogP contribution is -2.33. The number of aromatic nitrogens is 3. The van der Waals surface area contributed by atoms with Crippen LogP contribution in [0.15, 0.2) is 64.2 Å². The molecular formula is C21H23BrN4OS. The summed E-state index contributed by atoms with van der Waals surface area (Å²) in [5.41, 5.74) is 1.86. The van der Waals surface area contributed by atoms with Crippen molar-refractivity contribution in [1.82, 2.24) is 20.1 Å². The molecule has 1 heterocycles. The molecular weight excluding hydrogens is 436 g/mol. The van der Waals surface area contributed by atoms with Crippen molar-refractivity contribution < 1.29 is 4.79 Å². The van der Waals surface area contributed by atoms with Crippen LogP contribution in [-0.2, 0) is 12.8 Å². The molecule has 0 saturated carbocycles. The van der Waals surface area contributed by atoms with Crippen LogP contribution in [0.25, 0.3) is 0 Å². The van der Waals surface area contributed by atoms with Gasteiger partial charge in [-0.05, 0) is 35.7 Å². The first-order valence-electron chi connectivity index (χ1n) is 9.08. The van der Waals surface area contributed by atoms with Gasteiger partial charge >= 0.3 is 0 Å². The number of carbonyl (C=O) groups excluding carboxylic acids is 1. The van der Waals surface area contributed by atoms with Gasteiger partial charge in [0.2, 0.25) is 0 Å². The maximum Gasteiger partial charge on any atom is 0.251 e. The molecule has 0 unspecified atom stereocenters. The van der Waals surface area contributed by atoms with Gasteiger partial charge in [-0.25, -0.2) is 0 Å². The number of amides is 1. The molecule has 146 valence electrons. The van der Waals surface area contributed by atoms with E-state index in [9.17, 15) is 4.79 Å². The summed E-state index contributed by atoms with van der Waals surface area (Å²) >= 11 is 5.09. The van der Waals surface area contributed by atoms with Crippen molar-refractivity contribution in [2.24, 2.45) is 13.0 Å². The molecule has 0 saturated heterocycles. The number of carbonyl (C=O) groups is 1. The Morgan fingerprint density at radius 1 is 1.11 bits per heavy atom. The number of thioether (sulfide) groups is 1. The Balaban J connectivity index is 1.73. The summed E-state index contributed by atoms with van der Waals surface area (Å²) in [5.74, 6) is 1.64. The van der Waals surface area contributed by atoms with Gasteiger partial charge in [-0.15, -0.1) is 10.2 Å². The predicted octanol–water partition coefficient (Wildman–Crippen LogP) is 5.00. The van der Waals surface area contributed by atoms with Gasteiger partial charge in [0, 0.05) is 22.8 Å². The second-order valence-corrected chi connectivity index (χ2v) is 8.73. The number of hydrogen-bond donors (Lipinski definition) is 1. The van der Waals surface area contributed by atoms with Gasteiger partial charge in [0.1, 0.15) is 0 Å². The van der Waals surface area contributed by atoms with Crippen molar-refractivity contribution >= 4 is 33.6 Å². The summed E-state index contributed by atoms with van der Waals surface area (Å²) < 4.78 is 3.04. The van der Waals surface area contributed by atoms with Crippen LogP contribution in [0, 0.1) is 5.92 Å². The van der Waals surface area contributed by atoms with Crippen LogP contribution >= 0.6 is 27.7 Å². The van der Waals surface area contributed by atoms with E-state index in [1.165, 1.54) is 5.56 Å². The summed E-state index contributed by atoms with van der Waals surface area (Å²) in [7, 11) is 1.95. The normalized spacial score (nSPS) is 12.2. The van der Waals surface area contributed by atoms with Crippen molar-refractivity contribution in [3.8, 4) is 0 Å². The second kappa shape index (κ2) is 9.39. The van der Waals surface area contributed by atoms with Crippen LogP contribution in [-0.4, -0.2) is 20.7 Å². The third kappa shape index (κ3) is 5.02. The summed E-state index contributed by atoms with van der Waals surface area (Å²) in [4.78, 5) is 12.6. The zero-order valence-electron chi connectivity index (χ0n) is 16.1. The molecule has 28 heavy (non-hydrogen) atoms. The Morgan fingerprint density at radius 2 is 1.79 bits per heavy atom. The van der Waals surface area contributed by atoms with Gasteiger partial charge in [0.25, 0.3) is 5.91 Å². The first kappa shape index (κ1) is 20.6. The summed E-state index contributed by atoms with van der Waals surface area (Å²) in [6.45, 7) is 4.14. The number of hydrogen-bond acceptors (Lipinski definition) is 4. The van der Waals surface area contributed by atoms with Crippen LogP contribution in [0.1, 0.15) is 41.6 Å². The molecule has 0 radical (unpaired) electrons. The highest BCUT2D eigenvalue weighted by Gasteiger charge is 2.25. The monoisotopic (exact) mass is 458 g/mol. The van der Waals surface area contributed by atoms with E-state index in [0.717, 1.165) is 21.2 Å². The fraction of sp³-hybridized carbons (Fsp3) is 0.286. The molecule has 2 aromatic carbocycles. The molecule has 5 nitrogen and oxygen atoms in total. The van der Waals surface area contributed by atoms with Gasteiger partial charge in [0.15, 0.2) is 11.0 Å². The van der Waals surface area contributed by atoms with Crippen LogP contribution in [0.5, 0.6) is 0 Å². The van der Waals surface area contributed by atoms with Gasteiger partial charge in [-0.2, -0.15) is 0 Å². The van der Waals surface area contributed by atoms with Crippen LogP contribution in [0.2, 0.25) is 0 Å². The molecule has 0 aliphatic rings. The minimum atomic E-state index is -0.216. The molecule has 1 amide bonds. The Hall–Kier alpha value is -2.12. The Morgan fingerprint density at radius 3 is 2.43 bits per heavy atom. The number of rotatable bonds is 7. The van der Waals surface area contributed by atoms with Crippen molar-refractivity contribution in [3.63, 3.8) is 0 Å². The highest BCUT2D eigenvalue weighted by molar-refractivity contribution is 9.10. The van der Waals surface area contributed by atoms with E-state index in [-0.39, 0.29) is 17.9 Å². The summed E-state index contributed by atoms with van der Waals surface area (Å²) in [6, 6.07) is 17.3. The van der Waals surface area contributed by atoms with E-state index in [0.29, 0.717) is 5.56 Å². The zero-order valence-corrected chi connectivity index (χ0v) is 18.5. The van der Waals surface area contributed by atoms with E-state index < -0.39 is 0 Å². The van der Waals surface area contributed by atoms with Crippen LogP contribution in [0.3, 0.4) is 0 Å². The third-order valence-corrected chi connectivity index (χ3v) is 6.04. The molecule has 7 heteroatoms. The molecule has 1 aromatic heterocycles. The molecule has 3 rings (SSSR count). The number of benzene rings is 2. The first-order chi connectivity index (χ1) is 13.5. The fourth-order valence-electron chi connectivity index (χ4n) is 2.79. The summed E-state index contributed by atoms with van der Waals surface area (Å²) in [5, 5.41) is 12.7. The van der Waals surface area contributed by atoms with Crippen LogP contribution in [0.4, 0.5) is 0 Å². The average Bonchev–Trinajstić information content (AvgIpc) is 3.06. The Kier molecular flexibility index (Phi) is 6.91. The van der Waals surface area contributed by atoms with E-state index in [4.69, 9.17) is 0 Å². The quantitative estimate of drug-likeness (QED) is 0.506. The maximum atomic E-state index is 12.6. The number of halogens is 1. The van der Waals surface area contributed by atoms with Crippen molar-refractivity contribution in [2.75, 3.05) is 0 Å². The molecule has 0 aliphatic carbocycles. The lowest BCUT2D eigenvalue weighted by atomic mass is 10.0. The lowest BCUT2D eigenvalue weighted by molar-refractivity contribution is 0.0922. The number of nitrogens with zero attached hydrogens (tertiary/aromatic N) is 3. The van der Waals surface area contributed by atoms with Crippen LogP contribution < -0.4 is 5.32 Å². The average molecular weight is 459 g/mol. The van der Waals surface area contributed by atoms with Gasteiger partial charge in [-0.3, -0.25) is 4.79 Å². The Labute approximate surface area is 178 Å². The molecule has 1 atom stereocenters. The van der Waals surface area contributed by atoms with E-state index in [1.807, 2.05) is 54.1 Å². The molecule has 0 spiro atoms. The molecule has 3 aromatic rings. The first-order valence-corrected chi connectivity index (χ1v) is 10.9. The van der Waals surface area contributed by atoms with Crippen molar-refractivity contribution in [3.05, 3.63) is 76.0 Å². The topological polar surface area (TPSA) is 59.8 Å². The van der Waals surface area contributed by atoms with E-state index >= 15 is 0 Å². The highest BCUT2D eigenvalue weighted by atomic mass is 79.9.